The molecule has 98 valence electrons. The predicted molar refractivity (Wildman–Crippen MR) is 78.9 cm³/mol. The summed E-state index contributed by atoms with van der Waals surface area (Å²) in [6.45, 7) is 5.69. The number of rotatable bonds is 10. The van der Waals surface area contributed by atoms with Gasteiger partial charge in [0.2, 0.25) is 0 Å². The van der Waals surface area contributed by atoms with Crippen molar-refractivity contribution in [1.29, 1.82) is 0 Å². The Morgan fingerprint density at radius 1 is 1.18 bits per heavy atom. The largest absolute Gasteiger partial charge is 0.314 e. The zero-order chi connectivity index (χ0) is 12.3. The van der Waals surface area contributed by atoms with Crippen molar-refractivity contribution in [2.75, 3.05) is 6.54 Å². The van der Waals surface area contributed by atoms with Gasteiger partial charge in [0, 0.05) is 10.9 Å². The Hall–Kier alpha value is -0.340. The lowest BCUT2D eigenvalue weighted by atomic mass is 10.0. The van der Waals surface area contributed by atoms with Crippen LogP contribution < -0.4 is 5.32 Å². The molecule has 0 aliphatic carbocycles. The lowest BCUT2D eigenvalue weighted by Gasteiger charge is -2.18. The minimum Gasteiger partial charge on any atom is -0.314 e. The second-order valence-corrected chi connectivity index (χ2v) is 5.80. The molecule has 0 fully saturated rings. The summed E-state index contributed by atoms with van der Waals surface area (Å²) in [7, 11) is 0. The molecule has 0 radical (unpaired) electrons. The van der Waals surface area contributed by atoms with E-state index in [1.54, 1.807) is 0 Å². The van der Waals surface area contributed by atoms with Crippen LogP contribution in [0.15, 0.2) is 17.5 Å². The molecule has 2 heteroatoms. The normalized spacial score (nSPS) is 12.8. The number of nitrogens with one attached hydrogen (secondary N) is 1. The van der Waals surface area contributed by atoms with Gasteiger partial charge in [-0.15, -0.1) is 11.3 Å². The molecule has 1 rings (SSSR count). The van der Waals surface area contributed by atoms with Crippen LogP contribution in [0, 0.1) is 0 Å². The first-order chi connectivity index (χ1) is 8.36. The predicted octanol–water partition coefficient (Wildman–Crippen LogP) is 4.63. The molecular weight excluding hydrogens is 226 g/mol. The number of hydrogen-bond acceptors (Lipinski definition) is 2. The zero-order valence-electron chi connectivity index (χ0n) is 11.4. The Morgan fingerprint density at radius 3 is 2.71 bits per heavy atom. The quantitative estimate of drug-likeness (QED) is 0.600. The van der Waals surface area contributed by atoms with Gasteiger partial charge in [-0.25, -0.2) is 0 Å². The Balaban J connectivity index is 2.23. The van der Waals surface area contributed by atoms with Crippen LogP contribution in [-0.4, -0.2) is 12.6 Å². The second-order valence-electron chi connectivity index (χ2n) is 4.76. The molecule has 1 aromatic rings. The van der Waals surface area contributed by atoms with Crippen molar-refractivity contribution < 1.29 is 0 Å². The van der Waals surface area contributed by atoms with Gasteiger partial charge in [0.1, 0.15) is 0 Å². The molecule has 0 saturated heterocycles. The van der Waals surface area contributed by atoms with E-state index in [0.29, 0.717) is 0 Å². The fourth-order valence-corrected chi connectivity index (χ4v) is 2.83. The van der Waals surface area contributed by atoms with Gasteiger partial charge in [-0.2, -0.15) is 0 Å². The molecule has 0 spiro atoms. The van der Waals surface area contributed by atoms with E-state index in [0.717, 1.165) is 6.04 Å². The summed E-state index contributed by atoms with van der Waals surface area (Å²) in [6.07, 6.45) is 9.20. The minimum atomic E-state index is 0.726. The summed E-state index contributed by atoms with van der Waals surface area (Å²) < 4.78 is 0. The molecule has 0 aliphatic heterocycles. The lowest BCUT2D eigenvalue weighted by molar-refractivity contribution is 0.436. The van der Waals surface area contributed by atoms with E-state index in [9.17, 15) is 0 Å². The third-order valence-corrected chi connectivity index (χ3v) is 4.09. The Morgan fingerprint density at radius 2 is 2.06 bits per heavy atom. The van der Waals surface area contributed by atoms with Crippen molar-refractivity contribution in [3.63, 3.8) is 0 Å². The van der Waals surface area contributed by atoms with Gasteiger partial charge < -0.3 is 5.32 Å². The molecule has 1 N–H and O–H groups in total. The SMILES string of the molecule is CCCCCC(CCc1cccs1)NCCC. The third kappa shape index (κ3) is 6.85. The van der Waals surface area contributed by atoms with Crippen LogP contribution in [0.3, 0.4) is 0 Å². The van der Waals surface area contributed by atoms with Crippen LogP contribution in [0.5, 0.6) is 0 Å². The van der Waals surface area contributed by atoms with Crippen LogP contribution in [0.1, 0.15) is 57.2 Å². The molecule has 1 unspecified atom stereocenters. The van der Waals surface area contributed by atoms with Crippen molar-refractivity contribution in [1.82, 2.24) is 5.32 Å². The summed E-state index contributed by atoms with van der Waals surface area (Å²) in [6, 6.07) is 5.14. The van der Waals surface area contributed by atoms with Crippen LogP contribution in [0.4, 0.5) is 0 Å². The number of hydrogen-bond donors (Lipinski definition) is 1. The highest BCUT2D eigenvalue weighted by atomic mass is 32.1. The molecule has 0 saturated carbocycles. The monoisotopic (exact) mass is 253 g/mol. The highest BCUT2D eigenvalue weighted by molar-refractivity contribution is 7.09. The van der Waals surface area contributed by atoms with E-state index in [1.807, 2.05) is 11.3 Å². The van der Waals surface area contributed by atoms with E-state index in [2.05, 4.69) is 36.7 Å². The smallest absolute Gasteiger partial charge is 0.00705 e. The molecule has 17 heavy (non-hydrogen) atoms. The van der Waals surface area contributed by atoms with Crippen molar-refractivity contribution in [2.24, 2.45) is 0 Å². The van der Waals surface area contributed by atoms with Crippen LogP contribution in [0.2, 0.25) is 0 Å². The first-order valence-electron chi connectivity index (χ1n) is 7.12. The van der Waals surface area contributed by atoms with Gasteiger partial charge in [-0.3, -0.25) is 0 Å². The Kier molecular flexibility index (Phi) is 8.37. The summed E-state index contributed by atoms with van der Waals surface area (Å²) >= 11 is 1.89. The molecule has 1 aromatic heterocycles. The summed E-state index contributed by atoms with van der Waals surface area (Å²) in [4.78, 5) is 1.53. The molecule has 0 aliphatic rings. The number of aryl methyl sites for hydroxylation is 1. The van der Waals surface area contributed by atoms with E-state index in [1.165, 1.54) is 56.4 Å². The average Bonchev–Trinajstić information content (AvgIpc) is 2.85. The van der Waals surface area contributed by atoms with Gasteiger partial charge in [0.15, 0.2) is 0 Å². The highest BCUT2D eigenvalue weighted by Gasteiger charge is 2.07. The molecular formula is C15H27NS. The van der Waals surface area contributed by atoms with Crippen molar-refractivity contribution >= 4 is 11.3 Å². The van der Waals surface area contributed by atoms with Gasteiger partial charge in [-0.1, -0.05) is 39.2 Å². The van der Waals surface area contributed by atoms with Gasteiger partial charge in [0.05, 0.1) is 0 Å². The van der Waals surface area contributed by atoms with E-state index >= 15 is 0 Å². The zero-order valence-corrected chi connectivity index (χ0v) is 12.2. The van der Waals surface area contributed by atoms with Gasteiger partial charge >= 0.3 is 0 Å². The van der Waals surface area contributed by atoms with E-state index in [-0.39, 0.29) is 0 Å². The maximum Gasteiger partial charge on any atom is 0.00705 e. The van der Waals surface area contributed by atoms with E-state index in [4.69, 9.17) is 0 Å². The molecule has 0 bridgehead atoms. The lowest BCUT2D eigenvalue weighted by Crippen LogP contribution is -2.30. The highest BCUT2D eigenvalue weighted by Crippen LogP contribution is 2.14. The summed E-state index contributed by atoms with van der Waals surface area (Å²) in [5, 5.41) is 5.88. The Bertz CT molecular complexity index is 256. The Labute approximate surface area is 111 Å². The van der Waals surface area contributed by atoms with Crippen LogP contribution >= 0.6 is 11.3 Å². The fourth-order valence-electron chi connectivity index (χ4n) is 2.11. The molecule has 1 nitrogen and oxygen atoms in total. The third-order valence-electron chi connectivity index (χ3n) is 3.16. The summed E-state index contributed by atoms with van der Waals surface area (Å²) in [5.41, 5.74) is 0. The average molecular weight is 253 g/mol. The standard InChI is InChI=1S/C15H27NS/c1-3-5-6-8-14(16-12-4-2)10-11-15-9-7-13-17-15/h7,9,13-14,16H,3-6,8,10-12H2,1-2H3. The van der Waals surface area contributed by atoms with Crippen LogP contribution in [-0.2, 0) is 6.42 Å². The van der Waals surface area contributed by atoms with Gasteiger partial charge in [-0.05, 0) is 43.7 Å². The molecule has 1 atom stereocenters. The second kappa shape index (κ2) is 9.67. The van der Waals surface area contributed by atoms with Crippen molar-refractivity contribution in [3.8, 4) is 0 Å². The van der Waals surface area contributed by atoms with Crippen molar-refractivity contribution in [2.45, 2.75) is 64.8 Å². The van der Waals surface area contributed by atoms with Crippen LogP contribution in [0.25, 0.3) is 0 Å². The van der Waals surface area contributed by atoms with Crippen molar-refractivity contribution in [3.05, 3.63) is 22.4 Å². The first-order valence-corrected chi connectivity index (χ1v) is 8.00. The fraction of sp³-hybridized carbons (Fsp3) is 0.733. The minimum absolute atomic E-state index is 0.726. The maximum atomic E-state index is 3.70. The first kappa shape index (κ1) is 14.7. The topological polar surface area (TPSA) is 12.0 Å². The molecule has 1 heterocycles. The van der Waals surface area contributed by atoms with Gasteiger partial charge in [0.25, 0.3) is 0 Å². The molecule has 0 amide bonds. The maximum absolute atomic E-state index is 3.70. The molecule has 0 aromatic carbocycles. The summed E-state index contributed by atoms with van der Waals surface area (Å²) in [5.74, 6) is 0. The number of thiophene rings is 1. The number of unbranched alkanes of at least 4 members (excludes halogenated alkanes) is 2. The van der Waals surface area contributed by atoms with E-state index < -0.39 is 0 Å².